The zero-order valence-electron chi connectivity index (χ0n) is 9.57. The monoisotopic (exact) mass is 248 g/mol. The summed E-state index contributed by atoms with van der Waals surface area (Å²) in [6, 6.07) is 0. The van der Waals surface area contributed by atoms with Gasteiger partial charge in [-0.3, -0.25) is 0 Å². The lowest BCUT2D eigenvalue weighted by atomic mass is 9.99. The molecule has 0 aromatic carbocycles. The molecule has 0 aromatic rings. The average Bonchev–Trinajstić information content (AvgIpc) is 2.53. The molecule has 5 atom stereocenters. The zero-order chi connectivity index (χ0) is 12.8. The maximum Gasteiger partial charge on any atom is 0.338 e. The van der Waals surface area contributed by atoms with Crippen LogP contribution in [0.5, 0.6) is 0 Å². The highest BCUT2D eigenvalue weighted by Crippen LogP contribution is 2.35. The molecule has 2 aliphatic heterocycles. The molecule has 7 nitrogen and oxygen atoms in total. The van der Waals surface area contributed by atoms with Gasteiger partial charge in [0.25, 0.3) is 0 Å². The van der Waals surface area contributed by atoms with Gasteiger partial charge in [0, 0.05) is 0 Å². The van der Waals surface area contributed by atoms with Gasteiger partial charge in [-0.25, -0.2) is 4.79 Å². The maximum atomic E-state index is 11.3. The molecule has 2 heterocycles. The van der Waals surface area contributed by atoms with Crippen molar-refractivity contribution in [2.24, 2.45) is 0 Å². The fourth-order valence-electron chi connectivity index (χ4n) is 2.12. The van der Waals surface area contributed by atoms with Crippen LogP contribution < -0.4 is 0 Å². The molecule has 2 aliphatic rings. The van der Waals surface area contributed by atoms with E-state index in [0.29, 0.717) is 0 Å². The SMILES string of the molecule is CC1(C)OC([C@H](O)CO)C2OC(=O)[C@H](O)[C@@H]2O1. The number of carbonyl (C=O) groups is 1. The molecule has 2 unspecified atom stereocenters. The molecule has 98 valence electrons. The number of carbonyl (C=O) groups excluding carboxylic acids is 1. The van der Waals surface area contributed by atoms with Crippen molar-refractivity contribution in [3.8, 4) is 0 Å². The summed E-state index contributed by atoms with van der Waals surface area (Å²) < 4.78 is 15.7. The van der Waals surface area contributed by atoms with Crippen LogP contribution in [0, 0.1) is 0 Å². The van der Waals surface area contributed by atoms with Crippen LogP contribution in [0.3, 0.4) is 0 Å². The van der Waals surface area contributed by atoms with E-state index in [2.05, 4.69) is 0 Å². The first kappa shape index (κ1) is 12.7. The predicted molar refractivity (Wildman–Crippen MR) is 52.8 cm³/mol. The van der Waals surface area contributed by atoms with Gasteiger partial charge in [-0.15, -0.1) is 0 Å². The Morgan fingerprint density at radius 2 is 2.00 bits per heavy atom. The molecule has 0 radical (unpaired) electrons. The summed E-state index contributed by atoms with van der Waals surface area (Å²) in [6.45, 7) is 2.66. The summed E-state index contributed by atoms with van der Waals surface area (Å²) in [7, 11) is 0. The fraction of sp³-hybridized carbons (Fsp3) is 0.900. The topological polar surface area (TPSA) is 105 Å². The first-order valence-corrected chi connectivity index (χ1v) is 5.39. The first-order valence-electron chi connectivity index (χ1n) is 5.39. The van der Waals surface area contributed by atoms with Crippen LogP contribution in [0.2, 0.25) is 0 Å². The van der Waals surface area contributed by atoms with Gasteiger partial charge in [0.15, 0.2) is 18.0 Å². The highest BCUT2D eigenvalue weighted by molar-refractivity contribution is 5.78. The lowest BCUT2D eigenvalue weighted by molar-refractivity contribution is -0.341. The van der Waals surface area contributed by atoms with Crippen molar-refractivity contribution in [3.63, 3.8) is 0 Å². The third kappa shape index (κ3) is 2.16. The van der Waals surface area contributed by atoms with E-state index in [1.165, 1.54) is 0 Å². The number of fused-ring (bicyclic) bond motifs is 1. The number of hydrogen-bond donors (Lipinski definition) is 3. The molecule has 3 N–H and O–H groups in total. The van der Waals surface area contributed by atoms with Crippen LogP contribution in [0.25, 0.3) is 0 Å². The minimum atomic E-state index is -1.39. The Hall–Kier alpha value is -0.730. The molecular weight excluding hydrogens is 232 g/mol. The Morgan fingerprint density at radius 3 is 2.59 bits per heavy atom. The highest BCUT2D eigenvalue weighted by atomic mass is 16.8. The standard InChI is InChI=1S/C10H16O7/c1-10(2)16-6(4(12)3-11)8-7(17-10)5(13)9(14)15-8/h4-8,11-13H,3H2,1-2H3/t4-,5-,6?,7+,8?/m1/s1. The van der Waals surface area contributed by atoms with E-state index in [1.807, 2.05) is 0 Å². The van der Waals surface area contributed by atoms with Gasteiger partial charge in [-0.2, -0.15) is 0 Å². The number of aliphatic hydroxyl groups excluding tert-OH is 3. The minimum Gasteiger partial charge on any atom is -0.455 e. The van der Waals surface area contributed by atoms with Gasteiger partial charge >= 0.3 is 5.97 Å². The molecule has 0 aliphatic carbocycles. The number of aliphatic hydroxyl groups is 3. The third-order valence-corrected chi connectivity index (χ3v) is 2.86. The molecule has 0 spiro atoms. The zero-order valence-corrected chi connectivity index (χ0v) is 9.57. The molecule has 0 bridgehead atoms. The Labute approximate surface area is 97.9 Å². The number of ether oxygens (including phenoxy) is 3. The molecule has 2 rings (SSSR count). The number of esters is 1. The minimum absolute atomic E-state index is 0.530. The second-order valence-corrected chi connectivity index (χ2v) is 4.66. The molecule has 17 heavy (non-hydrogen) atoms. The lowest BCUT2D eigenvalue weighted by Crippen LogP contribution is -2.59. The number of rotatable bonds is 2. The van der Waals surface area contributed by atoms with Gasteiger partial charge in [0.1, 0.15) is 18.3 Å². The molecule has 7 heteroatoms. The average molecular weight is 248 g/mol. The van der Waals surface area contributed by atoms with Crippen LogP contribution in [0.4, 0.5) is 0 Å². The second kappa shape index (κ2) is 4.18. The van der Waals surface area contributed by atoms with Crippen molar-refractivity contribution >= 4 is 5.97 Å². The van der Waals surface area contributed by atoms with E-state index in [-0.39, 0.29) is 0 Å². The highest BCUT2D eigenvalue weighted by Gasteiger charge is 2.56. The normalized spacial score (nSPS) is 41.8. The summed E-state index contributed by atoms with van der Waals surface area (Å²) in [5.74, 6) is -1.88. The van der Waals surface area contributed by atoms with Gasteiger partial charge in [-0.1, -0.05) is 0 Å². The van der Waals surface area contributed by atoms with Gasteiger partial charge in [0.2, 0.25) is 0 Å². The third-order valence-electron chi connectivity index (χ3n) is 2.86. The Morgan fingerprint density at radius 1 is 1.35 bits per heavy atom. The Kier molecular flexibility index (Phi) is 3.13. The summed E-state index contributed by atoms with van der Waals surface area (Å²) in [5, 5.41) is 28.2. The molecule has 0 amide bonds. The number of hydrogen-bond acceptors (Lipinski definition) is 7. The van der Waals surface area contributed by atoms with Crippen molar-refractivity contribution in [1.82, 2.24) is 0 Å². The van der Waals surface area contributed by atoms with E-state index in [0.717, 1.165) is 0 Å². The Bertz CT molecular complexity index is 316. The first-order chi connectivity index (χ1) is 7.85. The summed E-state index contributed by atoms with van der Waals surface area (Å²) >= 11 is 0. The Balaban J connectivity index is 2.24. The van der Waals surface area contributed by atoms with Crippen LogP contribution in [-0.4, -0.2) is 64.2 Å². The van der Waals surface area contributed by atoms with Gasteiger partial charge < -0.3 is 29.5 Å². The molecule has 2 fully saturated rings. The van der Waals surface area contributed by atoms with Gasteiger partial charge in [-0.05, 0) is 13.8 Å². The predicted octanol–water partition coefficient (Wildman–Crippen LogP) is -1.85. The van der Waals surface area contributed by atoms with Crippen LogP contribution in [0.15, 0.2) is 0 Å². The fourth-order valence-corrected chi connectivity index (χ4v) is 2.12. The van der Waals surface area contributed by atoms with Crippen LogP contribution in [0.1, 0.15) is 13.8 Å². The molecule has 2 saturated heterocycles. The van der Waals surface area contributed by atoms with E-state index < -0.39 is 48.9 Å². The van der Waals surface area contributed by atoms with E-state index in [9.17, 15) is 15.0 Å². The van der Waals surface area contributed by atoms with Gasteiger partial charge in [0.05, 0.1) is 6.61 Å². The maximum absolute atomic E-state index is 11.3. The quantitative estimate of drug-likeness (QED) is 0.492. The summed E-state index contributed by atoms with van der Waals surface area (Å²) in [5.41, 5.74) is 0. The van der Waals surface area contributed by atoms with Crippen LogP contribution >= 0.6 is 0 Å². The molecule has 0 aromatic heterocycles. The van der Waals surface area contributed by atoms with Crippen molar-refractivity contribution in [3.05, 3.63) is 0 Å². The van der Waals surface area contributed by atoms with Crippen LogP contribution in [-0.2, 0) is 19.0 Å². The second-order valence-electron chi connectivity index (χ2n) is 4.66. The summed E-state index contributed by atoms with van der Waals surface area (Å²) in [6.07, 6.45) is -5.32. The molecular formula is C10H16O7. The van der Waals surface area contributed by atoms with Crippen molar-refractivity contribution < 1.29 is 34.3 Å². The lowest BCUT2D eigenvalue weighted by Gasteiger charge is -2.43. The van der Waals surface area contributed by atoms with E-state index >= 15 is 0 Å². The van der Waals surface area contributed by atoms with E-state index in [4.69, 9.17) is 19.3 Å². The summed E-state index contributed by atoms with van der Waals surface area (Å²) in [4.78, 5) is 11.3. The van der Waals surface area contributed by atoms with Crippen molar-refractivity contribution in [2.75, 3.05) is 6.61 Å². The smallest absolute Gasteiger partial charge is 0.338 e. The molecule has 0 saturated carbocycles. The largest absolute Gasteiger partial charge is 0.455 e. The van der Waals surface area contributed by atoms with E-state index in [1.54, 1.807) is 13.8 Å². The van der Waals surface area contributed by atoms with Crippen molar-refractivity contribution in [1.29, 1.82) is 0 Å². The van der Waals surface area contributed by atoms with Crippen molar-refractivity contribution in [2.45, 2.75) is 50.2 Å².